The molecule has 1 aromatic carbocycles. The molecule has 0 aliphatic carbocycles. The van der Waals surface area contributed by atoms with Crippen LogP contribution in [0.5, 0.6) is 5.75 Å². The molecule has 0 aliphatic heterocycles. The summed E-state index contributed by atoms with van der Waals surface area (Å²) in [6.07, 6.45) is 0.383. The highest BCUT2D eigenvalue weighted by Crippen LogP contribution is 2.12. The Hall–Kier alpha value is -1.26. The lowest BCUT2D eigenvalue weighted by Crippen LogP contribution is -2.37. The third-order valence-corrected chi connectivity index (χ3v) is 2.60. The van der Waals surface area contributed by atoms with E-state index in [1.807, 2.05) is 38.2 Å². The third-order valence-electron chi connectivity index (χ3n) is 2.60. The third kappa shape index (κ3) is 5.89. The number of nitrogens with one attached hydrogen (secondary N) is 2. The van der Waals surface area contributed by atoms with E-state index >= 15 is 0 Å². The zero-order chi connectivity index (χ0) is 12.7. The molecule has 18 heavy (non-hydrogen) atoms. The van der Waals surface area contributed by atoms with Crippen LogP contribution in [0.25, 0.3) is 0 Å². The first-order chi connectivity index (χ1) is 8.15. The van der Waals surface area contributed by atoms with Crippen molar-refractivity contribution in [1.29, 1.82) is 0 Å². The monoisotopic (exact) mass is 272 g/mol. The summed E-state index contributed by atoms with van der Waals surface area (Å²) in [5, 5.41) is 5.94. The van der Waals surface area contributed by atoms with Gasteiger partial charge in [-0.25, -0.2) is 0 Å². The quantitative estimate of drug-likeness (QED) is 0.823. The van der Waals surface area contributed by atoms with Crippen LogP contribution in [0.15, 0.2) is 24.3 Å². The van der Waals surface area contributed by atoms with Gasteiger partial charge in [-0.2, -0.15) is 0 Å². The topological polar surface area (TPSA) is 50.4 Å². The summed E-state index contributed by atoms with van der Waals surface area (Å²) in [6.45, 7) is 2.66. The molecule has 0 radical (unpaired) electrons. The fourth-order valence-corrected chi connectivity index (χ4v) is 1.40. The lowest BCUT2D eigenvalue weighted by molar-refractivity contribution is -0.120. The Balaban J connectivity index is 0.00000289. The average Bonchev–Trinajstić information content (AvgIpc) is 2.36. The highest BCUT2D eigenvalue weighted by atomic mass is 35.5. The van der Waals surface area contributed by atoms with Crippen LogP contribution < -0.4 is 15.4 Å². The zero-order valence-electron chi connectivity index (χ0n) is 11.0. The minimum atomic E-state index is 0. The second-order valence-corrected chi connectivity index (χ2v) is 4.02. The molecule has 0 bridgehead atoms. The number of methoxy groups -OCH3 is 1. The number of likely N-dealkylation sites (N-methyl/N-ethyl adjacent to an activating group) is 1. The van der Waals surface area contributed by atoms with Crippen molar-refractivity contribution in [1.82, 2.24) is 10.6 Å². The fraction of sp³-hybridized carbons (Fsp3) is 0.462. The molecule has 0 fully saturated rings. The molecule has 1 rings (SSSR count). The smallest absolute Gasteiger partial charge is 0.224 e. The van der Waals surface area contributed by atoms with Crippen molar-refractivity contribution in [3.05, 3.63) is 29.8 Å². The molecule has 102 valence electrons. The van der Waals surface area contributed by atoms with Crippen molar-refractivity contribution in [2.45, 2.75) is 19.4 Å². The molecule has 1 atom stereocenters. The molecule has 2 N–H and O–H groups in total. The van der Waals surface area contributed by atoms with E-state index in [0.717, 1.165) is 11.3 Å². The molecule has 1 unspecified atom stereocenters. The molecule has 0 aromatic heterocycles. The number of hydrogen-bond donors (Lipinski definition) is 2. The highest BCUT2D eigenvalue weighted by Gasteiger charge is 2.05. The molecule has 0 saturated carbocycles. The second-order valence-electron chi connectivity index (χ2n) is 4.02. The Morgan fingerprint density at radius 2 is 2.17 bits per heavy atom. The zero-order valence-corrected chi connectivity index (χ0v) is 11.8. The van der Waals surface area contributed by atoms with E-state index in [0.29, 0.717) is 13.0 Å². The number of rotatable bonds is 6. The lowest BCUT2D eigenvalue weighted by Gasteiger charge is -2.11. The van der Waals surface area contributed by atoms with Gasteiger partial charge in [0.05, 0.1) is 13.5 Å². The summed E-state index contributed by atoms with van der Waals surface area (Å²) in [5.74, 6) is 0.805. The standard InChI is InChI=1S/C13H20N2O2.ClH/c1-10(14-2)9-15-13(16)8-11-5-4-6-12(7-11)17-3;/h4-7,10,14H,8-9H2,1-3H3,(H,15,16);1H. The average molecular weight is 273 g/mol. The summed E-state index contributed by atoms with van der Waals surface area (Å²) in [7, 11) is 3.49. The first-order valence-corrected chi connectivity index (χ1v) is 5.72. The summed E-state index contributed by atoms with van der Waals surface area (Å²) < 4.78 is 5.11. The van der Waals surface area contributed by atoms with Crippen molar-refractivity contribution in [3.8, 4) is 5.75 Å². The van der Waals surface area contributed by atoms with Crippen LogP contribution in [0, 0.1) is 0 Å². The Labute approximate surface area is 115 Å². The fourth-order valence-electron chi connectivity index (χ4n) is 1.40. The minimum absolute atomic E-state index is 0. The molecule has 4 nitrogen and oxygen atoms in total. The number of carbonyl (C=O) groups excluding carboxylic acids is 1. The van der Waals surface area contributed by atoms with Gasteiger partial charge in [0.25, 0.3) is 0 Å². The van der Waals surface area contributed by atoms with Gasteiger partial charge in [0, 0.05) is 12.6 Å². The molecule has 0 aliphatic rings. The van der Waals surface area contributed by atoms with Gasteiger partial charge in [-0.1, -0.05) is 12.1 Å². The maximum absolute atomic E-state index is 11.7. The van der Waals surface area contributed by atoms with E-state index in [1.165, 1.54) is 0 Å². The second kappa shape index (κ2) is 8.78. The number of benzene rings is 1. The van der Waals surface area contributed by atoms with Gasteiger partial charge >= 0.3 is 0 Å². The van der Waals surface area contributed by atoms with Gasteiger partial charge in [-0.05, 0) is 31.7 Å². The predicted molar refractivity (Wildman–Crippen MR) is 75.5 cm³/mol. The van der Waals surface area contributed by atoms with Crippen molar-refractivity contribution >= 4 is 18.3 Å². The Morgan fingerprint density at radius 1 is 1.44 bits per heavy atom. The summed E-state index contributed by atoms with van der Waals surface area (Å²) in [6, 6.07) is 7.83. The van der Waals surface area contributed by atoms with Gasteiger partial charge in [0.2, 0.25) is 5.91 Å². The molecule has 1 aromatic rings. The van der Waals surface area contributed by atoms with Gasteiger partial charge < -0.3 is 15.4 Å². The van der Waals surface area contributed by atoms with Crippen LogP contribution in [0.2, 0.25) is 0 Å². The Bertz CT molecular complexity index is 372. The molecular formula is C13H21ClN2O2. The molecule has 0 spiro atoms. The van der Waals surface area contributed by atoms with Crippen LogP contribution in [-0.2, 0) is 11.2 Å². The minimum Gasteiger partial charge on any atom is -0.497 e. The van der Waals surface area contributed by atoms with Gasteiger partial charge in [-0.3, -0.25) is 4.79 Å². The maximum Gasteiger partial charge on any atom is 0.224 e. The van der Waals surface area contributed by atoms with E-state index in [4.69, 9.17) is 4.74 Å². The highest BCUT2D eigenvalue weighted by molar-refractivity contribution is 5.85. The molecule has 0 saturated heterocycles. The van der Waals surface area contributed by atoms with Crippen LogP contribution in [0.1, 0.15) is 12.5 Å². The van der Waals surface area contributed by atoms with Crippen LogP contribution in [0.4, 0.5) is 0 Å². The first kappa shape index (κ1) is 16.7. The SMILES string of the molecule is CNC(C)CNC(=O)Cc1cccc(OC)c1.Cl. The van der Waals surface area contributed by atoms with Crippen molar-refractivity contribution < 1.29 is 9.53 Å². The lowest BCUT2D eigenvalue weighted by atomic mass is 10.1. The Kier molecular flexibility index (Phi) is 8.16. The van der Waals surface area contributed by atoms with Crippen molar-refractivity contribution in [3.63, 3.8) is 0 Å². The molecular weight excluding hydrogens is 252 g/mol. The predicted octanol–water partition coefficient (Wildman–Crippen LogP) is 1.38. The summed E-state index contributed by atoms with van der Waals surface area (Å²) >= 11 is 0. The van der Waals surface area contributed by atoms with E-state index in [1.54, 1.807) is 7.11 Å². The van der Waals surface area contributed by atoms with E-state index in [2.05, 4.69) is 10.6 Å². The molecule has 5 heteroatoms. The van der Waals surface area contributed by atoms with Crippen molar-refractivity contribution in [2.75, 3.05) is 20.7 Å². The van der Waals surface area contributed by atoms with Crippen LogP contribution >= 0.6 is 12.4 Å². The van der Waals surface area contributed by atoms with Crippen LogP contribution in [0.3, 0.4) is 0 Å². The Morgan fingerprint density at radius 3 is 2.78 bits per heavy atom. The van der Waals surface area contributed by atoms with E-state index in [9.17, 15) is 4.79 Å². The number of ether oxygens (including phenoxy) is 1. The first-order valence-electron chi connectivity index (χ1n) is 5.72. The van der Waals surface area contributed by atoms with Gasteiger partial charge in [0.1, 0.15) is 5.75 Å². The van der Waals surface area contributed by atoms with Gasteiger partial charge in [-0.15, -0.1) is 12.4 Å². The summed E-state index contributed by atoms with van der Waals surface area (Å²) in [5.41, 5.74) is 0.957. The largest absolute Gasteiger partial charge is 0.497 e. The molecule has 0 heterocycles. The number of halogens is 1. The normalized spacial score (nSPS) is 11.3. The van der Waals surface area contributed by atoms with E-state index in [-0.39, 0.29) is 24.4 Å². The maximum atomic E-state index is 11.7. The van der Waals surface area contributed by atoms with E-state index < -0.39 is 0 Å². The molecule has 1 amide bonds. The van der Waals surface area contributed by atoms with Crippen molar-refractivity contribution in [2.24, 2.45) is 0 Å². The number of amides is 1. The van der Waals surface area contributed by atoms with Crippen LogP contribution in [-0.4, -0.2) is 32.7 Å². The number of hydrogen-bond acceptors (Lipinski definition) is 3. The summed E-state index contributed by atoms with van der Waals surface area (Å²) in [4.78, 5) is 11.7. The van der Waals surface area contributed by atoms with Gasteiger partial charge in [0.15, 0.2) is 0 Å². The number of carbonyl (C=O) groups is 1.